The number of hydrogen-bond acceptors (Lipinski definition) is 5. The molecule has 1 rings (SSSR count). The Labute approximate surface area is 90.0 Å². The van der Waals surface area contributed by atoms with E-state index in [1.165, 1.54) is 0 Å². The fraction of sp³-hybridized carbons (Fsp3) is 0.600. The van der Waals surface area contributed by atoms with Crippen molar-refractivity contribution < 1.29 is 5.11 Å². The van der Waals surface area contributed by atoms with E-state index in [1.807, 2.05) is 13.0 Å². The molecule has 1 aromatic heterocycles. The molecule has 0 saturated heterocycles. The zero-order valence-corrected chi connectivity index (χ0v) is 9.20. The van der Waals surface area contributed by atoms with Crippen molar-refractivity contribution in [3.05, 3.63) is 12.3 Å². The Balaban J connectivity index is 2.43. The van der Waals surface area contributed by atoms with Gasteiger partial charge in [0.05, 0.1) is 6.10 Å². The second-order valence-corrected chi connectivity index (χ2v) is 3.36. The van der Waals surface area contributed by atoms with E-state index in [0.29, 0.717) is 18.9 Å². The molecule has 0 aliphatic rings. The summed E-state index contributed by atoms with van der Waals surface area (Å²) in [5.41, 5.74) is 0. The quantitative estimate of drug-likeness (QED) is 0.655. The fourth-order valence-electron chi connectivity index (χ4n) is 1.11. The second-order valence-electron chi connectivity index (χ2n) is 3.36. The lowest BCUT2D eigenvalue weighted by molar-refractivity contribution is 0.188. The maximum atomic E-state index is 9.08. The molecule has 0 saturated carbocycles. The van der Waals surface area contributed by atoms with Crippen LogP contribution in [0.2, 0.25) is 0 Å². The van der Waals surface area contributed by atoms with E-state index in [0.717, 1.165) is 12.4 Å². The largest absolute Gasteiger partial charge is 0.393 e. The lowest BCUT2D eigenvalue weighted by Gasteiger charge is -2.08. The van der Waals surface area contributed by atoms with Crippen LogP contribution in [0.3, 0.4) is 0 Å². The third-order valence-corrected chi connectivity index (χ3v) is 1.86. The minimum Gasteiger partial charge on any atom is -0.393 e. The molecule has 84 valence electrons. The Kier molecular flexibility index (Phi) is 4.83. The van der Waals surface area contributed by atoms with E-state index < -0.39 is 0 Å². The van der Waals surface area contributed by atoms with E-state index in [1.54, 1.807) is 13.1 Å². The van der Waals surface area contributed by atoms with Gasteiger partial charge in [-0.3, -0.25) is 0 Å². The number of nitrogens with zero attached hydrogens (tertiary/aromatic N) is 2. The summed E-state index contributed by atoms with van der Waals surface area (Å²) in [4.78, 5) is 8.31. The fourth-order valence-corrected chi connectivity index (χ4v) is 1.11. The first-order valence-electron chi connectivity index (χ1n) is 5.21. The predicted molar refractivity (Wildman–Crippen MR) is 61.0 cm³/mol. The van der Waals surface area contributed by atoms with Crippen LogP contribution in [0.1, 0.15) is 20.3 Å². The van der Waals surface area contributed by atoms with Crippen molar-refractivity contribution in [3.63, 3.8) is 0 Å². The summed E-state index contributed by atoms with van der Waals surface area (Å²) in [5, 5.41) is 15.2. The Morgan fingerprint density at radius 3 is 2.93 bits per heavy atom. The van der Waals surface area contributed by atoms with E-state index in [-0.39, 0.29) is 6.10 Å². The van der Waals surface area contributed by atoms with E-state index in [2.05, 4.69) is 20.6 Å². The number of anilines is 2. The van der Waals surface area contributed by atoms with Gasteiger partial charge in [-0.1, -0.05) is 0 Å². The molecule has 0 fully saturated rings. The van der Waals surface area contributed by atoms with Gasteiger partial charge in [-0.2, -0.15) is 4.98 Å². The van der Waals surface area contributed by atoms with Gasteiger partial charge in [0, 0.05) is 19.3 Å². The lowest BCUT2D eigenvalue weighted by atomic mass is 10.3. The molecule has 1 atom stereocenters. The molecule has 1 heterocycles. The minimum atomic E-state index is -0.285. The van der Waals surface area contributed by atoms with Gasteiger partial charge in [-0.05, 0) is 26.3 Å². The monoisotopic (exact) mass is 210 g/mol. The van der Waals surface area contributed by atoms with Crippen LogP contribution in [0.5, 0.6) is 0 Å². The molecule has 1 unspecified atom stereocenters. The van der Waals surface area contributed by atoms with Crippen LogP contribution in [0.4, 0.5) is 11.8 Å². The summed E-state index contributed by atoms with van der Waals surface area (Å²) >= 11 is 0. The normalized spacial score (nSPS) is 12.2. The summed E-state index contributed by atoms with van der Waals surface area (Å²) < 4.78 is 0. The highest BCUT2D eigenvalue weighted by Gasteiger charge is 1.98. The predicted octanol–water partition coefficient (Wildman–Crippen LogP) is 1.09. The first-order valence-corrected chi connectivity index (χ1v) is 5.21. The zero-order chi connectivity index (χ0) is 11.1. The summed E-state index contributed by atoms with van der Waals surface area (Å²) in [5.74, 6) is 1.40. The van der Waals surface area contributed by atoms with Crippen LogP contribution in [0.25, 0.3) is 0 Å². The lowest BCUT2D eigenvalue weighted by Crippen LogP contribution is -2.11. The zero-order valence-electron chi connectivity index (χ0n) is 9.20. The Morgan fingerprint density at radius 2 is 2.27 bits per heavy atom. The maximum absolute atomic E-state index is 9.08. The molecule has 0 spiro atoms. The molecule has 0 amide bonds. The van der Waals surface area contributed by atoms with Gasteiger partial charge in [0.1, 0.15) is 5.82 Å². The van der Waals surface area contributed by atoms with Crippen LogP contribution in [0.15, 0.2) is 12.3 Å². The molecule has 0 aliphatic carbocycles. The van der Waals surface area contributed by atoms with Gasteiger partial charge >= 0.3 is 0 Å². The van der Waals surface area contributed by atoms with Crippen LogP contribution in [-0.2, 0) is 0 Å². The Bertz CT molecular complexity index is 291. The van der Waals surface area contributed by atoms with Gasteiger partial charge < -0.3 is 15.7 Å². The Hall–Kier alpha value is -1.36. The minimum absolute atomic E-state index is 0.285. The number of aromatic nitrogens is 2. The molecular formula is C10H18N4O. The molecule has 1 aromatic rings. The first kappa shape index (κ1) is 11.7. The molecule has 5 heteroatoms. The molecule has 3 N–H and O–H groups in total. The van der Waals surface area contributed by atoms with Gasteiger partial charge in [-0.25, -0.2) is 4.98 Å². The highest BCUT2D eigenvalue weighted by atomic mass is 16.3. The maximum Gasteiger partial charge on any atom is 0.224 e. The van der Waals surface area contributed by atoms with Crippen molar-refractivity contribution in [1.82, 2.24) is 9.97 Å². The number of nitrogens with one attached hydrogen (secondary N) is 2. The second kappa shape index (κ2) is 6.19. The van der Waals surface area contributed by atoms with Crippen LogP contribution in [0, 0.1) is 0 Å². The standard InChI is InChI=1S/C10H18N4O/c1-3-11-10-13-7-5-9(14-10)12-6-4-8(2)15/h5,7-8,15H,3-4,6H2,1-2H3,(H2,11,12,13,14). The topological polar surface area (TPSA) is 70.1 Å². The smallest absolute Gasteiger partial charge is 0.224 e. The van der Waals surface area contributed by atoms with Crippen molar-refractivity contribution >= 4 is 11.8 Å². The van der Waals surface area contributed by atoms with Crippen LogP contribution < -0.4 is 10.6 Å². The molecule has 0 radical (unpaired) electrons. The molecule has 0 aliphatic heterocycles. The Morgan fingerprint density at radius 1 is 1.47 bits per heavy atom. The third kappa shape index (κ3) is 4.60. The SMILES string of the molecule is CCNc1nccc(NCCC(C)O)n1. The molecule has 15 heavy (non-hydrogen) atoms. The van der Waals surface area contributed by atoms with E-state index in [9.17, 15) is 0 Å². The van der Waals surface area contributed by atoms with Gasteiger partial charge in [0.2, 0.25) is 5.95 Å². The van der Waals surface area contributed by atoms with Gasteiger partial charge in [0.25, 0.3) is 0 Å². The van der Waals surface area contributed by atoms with Crippen LogP contribution >= 0.6 is 0 Å². The molecule has 0 aromatic carbocycles. The van der Waals surface area contributed by atoms with Crippen molar-refractivity contribution in [2.75, 3.05) is 23.7 Å². The number of rotatable bonds is 6. The van der Waals surface area contributed by atoms with E-state index >= 15 is 0 Å². The van der Waals surface area contributed by atoms with Crippen molar-refractivity contribution in [1.29, 1.82) is 0 Å². The number of aliphatic hydroxyl groups is 1. The molecular weight excluding hydrogens is 192 g/mol. The average Bonchev–Trinajstić information content (AvgIpc) is 2.18. The van der Waals surface area contributed by atoms with Crippen molar-refractivity contribution in [3.8, 4) is 0 Å². The number of hydrogen-bond donors (Lipinski definition) is 3. The highest BCUT2D eigenvalue weighted by Crippen LogP contribution is 2.05. The highest BCUT2D eigenvalue weighted by molar-refractivity contribution is 5.39. The summed E-state index contributed by atoms with van der Waals surface area (Å²) in [6, 6.07) is 1.81. The van der Waals surface area contributed by atoms with Gasteiger partial charge in [0.15, 0.2) is 0 Å². The van der Waals surface area contributed by atoms with Gasteiger partial charge in [-0.15, -0.1) is 0 Å². The van der Waals surface area contributed by atoms with Crippen LogP contribution in [-0.4, -0.2) is 34.3 Å². The average molecular weight is 210 g/mol. The van der Waals surface area contributed by atoms with Crippen molar-refractivity contribution in [2.24, 2.45) is 0 Å². The molecule has 5 nitrogen and oxygen atoms in total. The third-order valence-electron chi connectivity index (χ3n) is 1.86. The summed E-state index contributed by atoms with van der Waals surface area (Å²) in [6.07, 6.45) is 2.13. The number of aliphatic hydroxyl groups excluding tert-OH is 1. The van der Waals surface area contributed by atoms with Crippen molar-refractivity contribution in [2.45, 2.75) is 26.4 Å². The van der Waals surface area contributed by atoms with E-state index in [4.69, 9.17) is 5.11 Å². The molecule has 0 bridgehead atoms. The first-order chi connectivity index (χ1) is 7.22. The summed E-state index contributed by atoms with van der Waals surface area (Å²) in [7, 11) is 0. The summed E-state index contributed by atoms with van der Waals surface area (Å²) in [6.45, 7) is 5.28.